The number of fused-ring (bicyclic) bond motifs is 1. The minimum absolute atomic E-state index is 0.131. The van der Waals surface area contributed by atoms with Gasteiger partial charge in [0.05, 0.1) is 12.3 Å². The van der Waals surface area contributed by atoms with Crippen molar-refractivity contribution in [1.82, 2.24) is 5.32 Å². The molecule has 4 nitrogen and oxygen atoms in total. The fourth-order valence-electron chi connectivity index (χ4n) is 1.70. The molecule has 0 spiro atoms. The van der Waals surface area contributed by atoms with Crippen molar-refractivity contribution in [2.45, 2.75) is 6.92 Å². The number of nitrogens with one attached hydrogen (secondary N) is 1. The van der Waals surface area contributed by atoms with E-state index in [0.29, 0.717) is 30.3 Å². The molecular formula is C13H16N2O2S. The van der Waals surface area contributed by atoms with Gasteiger partial charge in [-0.3, -0.25) is 4.79 Å². The third-order valence-corrected chi connectivity index (χ3v) is 3.76. The SMILES string of the molecule is CCOCCNC(=O)c1sc2ccccc2c1N. The van der Waals surface area contributed by atoms with Crippen LogP contribution in [0.1, 0.15) is 16.6 Å². The highest BCUT2D eigenvalue weighted by atomic mass is 32.1. The summed E-state index contributed by atoms with van der Waals surface area (Å²) >= 11 is 1.42. The zero-order valence-corrected chi connectivity index (χ0v) is 11.0. The number of rotatable bonds is 5. The highest BCUT2D eigenvalue weighted by molar-refractivity contribution is 7.21. The van der Waals surface area contributed by atoms with Gasteiger partial charge < -0.3 is 15.8 Å². The second-order valence-electron chi connectivity index (χ2n) is 3.79. The van der Waals surface area contributed by atoms with Gasteiger partial charge in [0.15, 0.2) is 0 Å². The lowest BCUT2D eigenvalue weighted by Crippen LogP contribution is -2.27. The predicted octanol–water partition coefficient (Wildman–Crippen LogP) is 2.25. The molecule has 1 aromatic carbocycles. The number of amides is 1. The van der Waals surface area contributed by atoms with Gasteiger partial charge in [0.2, 0.25) is 0 Å². The Morgan fingerprint density at radius 2 is 2.22 bits per heavy atom. The van der Waals surface area contributed by atoms with Crippen molar-refractivity contribution in [3.8, 4) is 0 Å². The summed E-state index contributed by atoms with van der Waals surface area (Å²) in [6.45, 7) is 3.60. The Morgan fingerprint density at radius 1 is 1.44 bits per heavy atom. The van der Waals surface area contributed by atoms with E-state index in [1.54, 1.807) is 0 Å². The number of hydrogen-bond acceptors (Lipinski definition) is 4. The molecule has 1 amide bonds. The Hall–Kier alpha value is -1.59. The number of benzene rings is 1. The number of carbonyl (C=O) groups excluding carboxylic acids is 1. The molecule has 5 heteroatoms. The molecule has 0 radical (unpaired) electrons. The van der Waals surface area contributed by atoms with Crippen molar-refractivity contribution >= 4 is 33.0 Å². The Labute approximate surface area is 110 Å². The second kappa shape index (κ2) is 5.84. The zero-order chi connectivity index (χ0) is 13.0. The number of nitrogens with two attached hydrogens (primary N) is 1. The lowest BCUT2D eigenvalue weighted by Gasteiger charge is -2.04. The molecule has 1 heterocycles. The van der Waals surface area contributed by atoms with Crippen LogP contribution in [0.25, 0.3) is 10.1 Å². The van der Waals surface area contributed by atoms with Gasteiger partial charge in [0.1, 0.15) is 4.88 Å². The van der Waals surface area contributed by atoms with Crippen molar-refractivity contribution in [3.63, 3.8) is 0 Å². The first-order valence-corrected chi connectivity index (χ1v) is 6.68. The van der Waals surface area contributed by atoms with Crippen LogP contribution >= 0.6 is 11.3 Å². The molecule has 0 saturated carbocycles. The zero-order valence-electron chi connectivity index (χ0n) is 10.2. The van der Waals surface area contributed by atoms with Gasteiger partial charge in [-0.15, -0.1) is 11.3 Å². The normalized spacial score (nSPS) is 10.7. The summed E-state index contributed by atoms with van der Waals surface area (Å²) in [6, 6.07) is 7.75. The summed E-state index contributed by atoms with van der Waals surface area (Å²) in [7, 11) is 0. The number of ether oxygens (including phenoxy) is 1. The van der Waals surface area contributed by atoms with Crippen LogP contribution in [0, 0.1) is 0 Å². The fraction of sp³-hybridized carbons (Fsp3) is 0.308. The van der Waals surface area contributed by atoms with Crippen LogP contribution in [-0.2, 0) is 4.74 Å². The average Bonchev–Trinajstić information content (AvgIpc) is 2.73. The van der Waals surface area contributed by atoms with E-state index in [1.807, 2.05) is 31.2 Å². The third-order valence-electron chi connectivity index (χ3n) is 2.58. The van der Waals surface area contributed by atoms with Gasteiger partial charge in [-0.25, -0.2) is 0 Å². The van der Waals surface area contributed by atoms with E-state index in [0.717, 1.165) is 10.1 Å². The number of anilines is 1. The molecule has 0 aliphatic rings. The molecule has 0 unspecified atom stereocenters. The van der Waals surface area contributed by atoms with Crippen LogP contribution in [0.4, 0.5) is 5.69 Å². The summed E-state index contributed by atoms with van der Waals surface area (Å²) in [5.74, 6) is -0.131. The molecule has 0 atom stereocenters. The monoisotopic (exact) mass is 264 g/mol. The van der Waals surface area contributed by atoms with E-state index in [1.165, 1.54) is 11.3 Å². The predicted molar refractivity (Wildman–Crippen MR) is 75.1 cm³/mol. The maximum atomic E-state index is 12.0. The Balaban J connectivity index is 2.10. The van der Waals surface area contributed by atoms with Crippen LogP contribution < -0.4 is 11.1 Å². The second-order valence-corrected chi connectivity index (χ2v) is 4.85. The molecule has 18 heavy (non-hydrogen) atoms. The third kappa shape index (κ3) is 2.63. The number of carbonyl (C=O) groups is 1. The fourth-order valence-corrected chi connectivity index (χ4v) is 2.73. The van der Waals surface area contributed by atoms with Crippen LogP contribution in [0.2, 0.25) is 0 Å². The van der Waals surface area contributed by atoms with E-state index >= 15 is 0 Å². The minimum Gasteiger partial charge on any atom is -0.397 e. The maximum Gasteiger partial charge on any atom is 0.263 e. The van der Waals surface area contributed by atoms with Crippen molar-refractivity contribution in [2.75, 3.05) is 25.5 Å². The minimum atomic E-state index is -0.131. The Morgan fingerprint density at radius 3 is 2.94 bits per heavy atom. The van der Waals surface area contributed by atoms with E-state index in [4.69, 9.17) is 10.5 Å². The molecule has 2 aromatic rings. The molecule has 0 saturated heterocycles. The lowest BCUT2D eigenvalue weighted by molar-refractivity contribution is 0.0927. The molecule has 2 rings (SSSR count). The first-order valence-electron chi connectivity index (χ1n) is 5.87. The highest BCUT2D eigenvalue weighted by Crippen LogP contribution is 2.33. The summed E-state index contributed by atoms with van der Waals surface area (Å²) in [6.07, 6.45) is 0. The van der Waals surface area contributed by atoms with Crippen LogP contribution in [0.5, 0.6) is 0 Å². The number of thiophene rings is 1. The van der Waals surface area contributed by atoms with Crippen molar-refractivity contribution < 1.29 is 9.53 Å². The largest absolute Gasteiger partial charge is 0.397 e. The van der Waals surface area contributed by atoms with Crippen molar-refractivity contribution in [1.29, 1.82) is 0 Å². The number of nitrogen functional groups attached to an aromatic ring is 1. The molecule has 0 aliphatic heterocycles. The summed E-state index contributed by atoms with van der Waals surface area (Å²) in [5.41, 5.74) is 6.55. The van der Waals surface area contributed by atoms with E-state index in [-0.39, 0.29) is 5.91 Å². The van der Waals surface area contributed by atoms with Gasteiger partial charge in [-0.1, -0.05) is 18.2 Å². The van der Waals surface area contributed by atoms with Gasteiger partial charge in [-0.2, -0.15) is 0 Å². The van der Waals surface area contributed by atoms with Crippen LogP contribution in [0.15, 0.2) is 24.3 Å². The first kappa shape index (κ1) is 12.9. The average molecular weight is 264 g/mol. The molecule has 1 aromatic heterocycles. The molecule has 3 N–H and O–H groups in total. The van der Waals surface area contributed by atoms with Crippen molar-refractivity contribution in [3.05, 3.63) is 29.1 Å². The van der Waals surface area contributed by atoms with Gasteiger partial charge >= 0.3 is 0 Å². The smallest absolute Gasteiger partial charge is 0.263 e. The van der Waals surface area contributed by atoms with Crippen LogP contribution in [-0.4, -0.2) is 25.7 Å². The first-order chi connectivity index (χ1) is 8.74. The topological polar surface area (TPSA) is 64.3 Å². The summed E-state index contributed by atoms with van der Waals surface area (Å²) in [5, 5.41) is 3.74. The molecule has 0 fully saturated rings. The van der Waals surface area contributed by atoms with Gasteiger partial charge in [0.25, 0.3) is 5.91 Å². The maximum absolute atomic E-state index is 12.0. The molecule has 96 valence electrons. The molecule has 0 aliphatic carbocycles. The summed E-state index contributed by atoms with van der Waals surface area (Å²) < 4.78 is 6.20. The highest BCUT2D eigenvalue weighted by Gasteiger charge is 2.15. The number of hydrogen-bond donors (Lipinski definition) is 2. The summed E-state index contributed by atoms with van der Waals surface area (Å²) in [4.78, 5) is 12.5. The van der Waals surface area contributed by atoms with E-state index < -0.39 is 0 Å². The van der Waals surface area contributed by atoms with Crippen molar-refractivity contribution in [2.24, 2.45) is 0 Å². The Kier molecular flexibility index (Phi) is 4.17. The molecule has 0 bridgehead atoms. The van der Waals surface area contributed by atoms with Gasteiger partial charge in [-0.05, 0) is 13.0 Å². The quantitative estimate of drug-likeness (QED) is 0.814. The standard InChI is InChI=1S/C13H16N2O2S/c1-2-17-8-7-15-13(16)12-11(14)9-5-3-4-6-10(9)18-12/h3-6H,2,7-8,14H2,1H3,(H,15,16). The Bertz CT molecular complexity index is 551. The van der Waals surface area contributed by atoms with E-state index in [9.17, 15) is 4.79 Å². The van der Waals surface area contributed by atoms with Gasteiger partial charge in [0, 0.05) is 23.2 Å². The lowest BCUT2D eigenvalue weighted by atomic mass is 10.2. The van der Waals surface area contributed by atoms with E-state index in [2.05, 4.69) is 5.32 Å². The van der Waals surface area contributed by atoms with Crippen LogP contribution in [0.3, 0.4) is 0 Å². The molecular weight excluding hydrogens is 248 g/mol.